The van der Waals surface area contributed by atoms with Crippen LogP contribution in [0.1, 0.15) is 5.56 Å². The highest BCUT2D eigenvalue weighted by Gasteiger charge is 2.10. The summed E-state index contributed by atoms with van der Waals surface area (Å²) in [5.41, 5.74) is 1.70. The molecule has 0 aliphatic heterocycles. The first-order valence-corrected chi connectivity index (χ1v) is 4.67. The van der Waals surface area contributed by atoms with E-state index < -0.39 is 0 Å². The van der Waals surface area contributed by atoms with E-state index in [1.54, 1.807) is 24.0 Å². The Bertz CT molecular complexity index is 476. The van der Waals surface area contributed by atoms with Crippen molar-refractivity contribution < 1.29 is 4.39 Å². The van der Waals surface area contributed by atoms with Crippen molar-refractivity contribution in [2.45, 2.75) is 6.92 Å². The third-order valence-electron chi connectivity index (χ3n) is 1.99. The molecule has 0 bridgehead atoms. The summed E-state index contributed by atoms with van der Waals surface area (Å²) in [4.78, 5) is 0. The van der Waals surface area contributed by atoms with Crippen LogP contribution >= 0.6 is 15.9 Å². The Morgan fingerprint density at radius 3 is 2.92 bits per heavy atom. The van der Waals surface area contributed by atoms with Gasteiger partial charge in [-0.15, -0.1) is 0 Å². The van der Waals surface area contributed by atoms with Crippen molar-refractivity contribution >= 4 is 26.8 Å². The summed E-state index contributed by atoms with van der Waals surface area (Å²) in [6.45, 7) is 1.92. The second-order valence-electron chi connectivity index (χ2n) is 3.05. The third kappa shape index (κ3) is 1.25. The molecule has 0 unspecified atom stereocenters. The summed E-state index contributed by atoms with van der Waals surface area (Å²) in [6.07, 6.45) is 1.68. The van der Waals surface area contributed by atoms with Crippen LogP contribution in [-0.2, 0) is 7.05 Å². The van der Waals surface area contributed by atoms with E-state index in [0.29, 0.717) is 9.86 Å². The van der Waals surface area contributed by atoms with Gasteiger partial charge in [0.2, 0.25) is 0 Å². The Morgan fingerprint density at radius 1 is 1.54 bits per heavy atom. The van der Waals surface area contributed by atoms with E-state index in [1.165, 1.54) is 0 Å². The van der Waals surface area contributed by atoms with Gasteiger partial charge in [0, 0.05) is 13.2 Å². The fraction of sp³-hybridized carbons (Fsp3) is 0.222. The predicted molar refractivity (Wildman–Crippen MR) is 53.1 cm³/mol. The molecule has 0 radical (unpaired) electrons. The average Bonchev–Trinajstić information content (AvgIpc) is 2.44. The quantitative estimate of drug-likeness (QED) is 0.695. The summed E-state index contributed by atoms with van der Waals surface area (Å²) in [5, 5.41) is 4.73. The first kappa shape index (κ1) is 8.69. The van der Waals surface area contributed by atoms with E-state index in [-0.39, 0.29) is 5.82 Å². The third-order valence-corrected chi connectivity index (χ3v) is 2.57. The minimum atomic E-state index is -0.242. The second kappa shape index (κ2) is 2.80. The fourth-order valence-electron chi connectivity index (χ4n) is 1.39. The topological polar surface area (TPSA) is 17.8 Å². The van der Waals surface area contributed by atoms with Gasteiger partial charge >= 0.3 is 0 Å². The number of fused-ring (bicyclic) bond motifs is 1. The maximum atomic E-state index is 13.5. The number of hydrogen-bond acceptors (Lipinski definition) is 1. The van der Waals surface area contributed by atoms with Crippen LogP contribution < -0.4 is 0 Å². The molecule has 0 saturated heterocycles. The zero-order chi connectivity index (χ0) is 9.59. The minimum absolute atomic E-state index is 0.242. The Kier molecular flexibility index (Phi) is 1.87. The van der Waals surface area contributed by atoms with Crippen molar-refractivity contribution in [2.75, 3.05) is 0 Å². The molecule has 1 aromatic carbocycles. The number of benzene rings is 1. The van der Waals surface area contributed by atoms with E-state index in [2.05, 4.69) is 21.0 Å². The molecular formula is C9H8BrFN2. The standard InChI is InChI=1S/C9H8BrFN2/c1-5-3-7(10)8(11)6-4-13(2)12-9(5)6/h3-4H,1-2H3. The lowest BCUT2D eigenvalue weighted by molar-refractivity contribution is 0.633. The lowest BCUT2D eigenvalue weighted by atomic mass is 10.1. The molecule has 0 atom stereocenters. The molecule has 13 heavy (non-hydrogen) atoms. The molecule has 0 aliphatic rings. The molecule has 0 aliphatic carbocycles. The maximum Gasteiger partial charge on any atom is 0.148 e. The smallest absolute Gasteiger partial charge is 0.148 e. The number of halogens is 2. The van der Waals surface area contributed by atoms with Gasteiger partial charge < -0.3 is 0 Å². The SMILES string of the molecule is Cc1cc(Br)c(F)c2cn(C)nc12. The highest BCUT2D eigenvalue weighted by atomic mass is 79.9. The number of aromatic nitrogens is 2. The Labute approximate surface area is 83.5 Å². The molecule has 68 valence electrons. The highest BCUT2D eigenvalue weighted by Crippen LogP contribution is 2.26. The van der Waals surface area contributed by atoms with Gasteiger partial charge in [0.1, 0.15) is 5.82 Å². The molecule has 1 heterocycles. The van der Waals surface area contributed by atoms with Crippen LogP contribution in [0.3, 0.4) is 0 Å². The summed E-state index contributed by atoms with van der Waals surface area (Å²) in [6, 6.07) is 1.74. The first-order chi connectivity index (χ1) is 6.09. The van der Waals surface area contributed by atoms with Gasteiger partial charge in [-0.05, 0) is 34.5 Å². The number of aryl methyl sites for hydroxylation is 2. The molecule has 2 nitrogen and oxygen atoms in total. The normalized spacial score (nSPS) is 11.1. The van der Waals surface area contributed by atoms with E-state index in [9.17, 15) is 4.39 Å². The van der Waals surface area contributed by atoms with Crippen LogP contribution in [0.2, 0.25) is 0 Å². The monoisotopic (exact) mass is 242 g/mol. The lowest BCUT2D eigenvalue weighted by Gasteiger charge is -1.98. The van der Waals surface area contributed by atoms with Crippen LogP contribution in [0, 0.1) is 12.7 Å². The van der Waals surface area contributed by atoms with E-state index in [4.69, 9.17) is 0 Å². The molecule has 0 fully saturated rings. The molecule has 2 rings (SSSR count). The van der Waals surface area contributed by atoms with Gasteiger partial charge in [0.15, 0.2) is 0 Å². The molecule has 1 aromatic heterocycles. The van der Waals surface area contributed by atoms with E-state index in [0.717, 1.165) is 11.1 Å². The molecule has 0 spiro atoms. The zero-order valence-corrected chi connectivity index (χ0v) is 8.89. The van der Waals surface area contributed by atoms with Crippen LogP contribution in [-0.4, -0.2) is 9.78 Å². The molecule has 0 amide bonds. The minimum Gasteiger partial charge on any atom is -0.274 e. The number of rotatable bonds is 0. The number of hydrogen-bond donors (Lipinski definition) is 0. The summed E-state index contributed by atoms with van der Waals surface area (Å²) in [7, 11) is 1.78. The Hall–Kier alpha value is -0.900. The van der Waals surface area contributed by atoms with Gasteiger partial charge in [0.25, 0.3) is 0 Å². The Balaban J connectivity index is 2.95. The van der Waals surface area contributed by atoms with Crippen molar-refractivity contribution in [3.8, 4) is 0 Å². The summed E-state index contributed by atoms with van der Waals surface area (Å²) in [5.74, 6) is -0.242. The first-order valence-electron chi connectivity index (χ1n) is 3.87. The largest absolute Gasteiger partial charge is 0.274 e. The van der Waals surface area contributed by atoms with Crippen molar-refractivity contribution in [1.29, 1.82) is 0 Å². The van der Waals surface area contributed by atoms with Crippen molar-refractivity contribution in [3.63, 3.8) is 0 Å². The fourth-order valence-corrected chi connectivity index (χ4v) is 1.95. The van der Waals surface area contributed by atoms with Crippen molar-refractivity contribution in [2.24, 2.45) is 7.05 Å². The molecular weight excluding hydrogens is 235 g/mol. The van der Waals surface area contributed by atoms with Crippen LogP contribution in [0.5, 0.6) is 0 Å². The molecule has 0 saturated carbocycles. The van der Waals surface area contributed by atoms with Gasteiger partial charge in [-0.1, -0.05) is 0 Å². The second-order valence-corrected chi connectivity index (χ2v) is 3.91. The van der Waals surface area contributed by atoms with Crippen LogP contribution in [0.4, 0.5) is 4.39 Å². The number of nitrogens with zero attached hydrogens (tertiary/aromatic N) is 2. The average molecular weight is 243 g/mol. The zero-order valence-electron chi connectivity index (χ0n) is 7.31. The van der Waals surface area contributed by atoms with Gasteiger partial charge in [-0.25, -0.2) is 4.39 Å². The van der Waals surface area contributed by atoms with E-state index in [1.807, 2.05) is 6.92 Å². The summed E-state index contributed by atoms with van der Waals surface area (Å²) < 4.78 is 15.6. The van der Waals surface area contributed by atoms with Crippen molar-refractivity contribution in [1.82, 2.24) is 9.78 Å². The molecule has 0 N–H and O–H groups in total. The summed E-state index contributed by atoms with van der Waals surface area (Å²) >= 11 is 3.16. The lowest BCUT2D eigenvalue weighted by Crippen LogP contribution is -1.86. The van der Waals surface area contributed by atoms with E-state index >= 15 is 0 Å². The maximum absolute atomic E-state index is 13.5. The van der Waals surface area contributed by atoms with Gasteiger partial charge in [0.05, 0.1) is 15.4 Å². The van der Waals surface area contributed by atoms with Gasteiger partial charge in [-0.2, -0.15) is 5.10 Å². The van der Waals surface area contributed by atoms with Crippen molar-refractivity contribution in [3.05, 3.63) is 28.1 Å². The Morgan fingerprint density at radius 2 is 2.23 bits per heavy atom. The van der Waals surface area contributed by atoms with Crippen LogP contribution in [0.25, 0.3) is 10.9 Å². The van der Waals surface area contributed by atoms with Crippen LogP contribution in [0.15, 0.2) is 16.7 Å². The highest BCUT2D eigenvalue weighted by molar-refractivity contribution is 9.10. The van der Waals surface area contributed by atoms with Gasteiger partial charge in [-0.3, -0.25) is 4.68 Å². The predicted octanol–water partition coefficient (Wildman–Crippen LogP) is 2.78. The molecule has 4 heteroatoms. The molecule has 2 aromatic rings.